The number of nitrogens with two attached hydrogens (primary N) is 1. The summed E-state index contributed by atoms with van der Waals surface area (Å²) in [7, 11) is 0. The topological polar surface area (TPSA) is 26.0 Å². The molecule has 0 heterocycles. The molecule has 0 saturated heterocycles. The number of benzene rings is 2. The molecule has 0 atom stereocenters. The molecule has 0 spiro atoms. The molecule has 0 fully saturated rings. The molecule has 0 bridgehead atoms. The van der Waals surface area contributed by atoms with Gasteiger partial charge in [-0.15, -0.1) is 0 Å². The Morgan fingerprint density at radius 3 is 2.50 bits per heavy atom. The molecule has 0 unspecified atom stereocenters. The minimum Gasteiger partial charge on any atom is -0.399 e. The Balaban J connectivity index is 2.27. The minimum atomic E-state index is 0.827. The van der Waals surface area contributed by atoms with E-state index >= 15 is 0 Å². The van der Waals surface area contributed by atoms with Crippen LogP contribution in [0.1, 0.15) is 11.1 Å². The van der Waals surface area contributed by atoms with Crippen molar-refractivity contribution in [2.45, 2.75) is 0 Å². The van der Waals surface area contributed by atoms with Crippen LogP contribution >= 0.6 is 0 Å². The fraction of sp³-hybridized carbons (Fsp3) is 0. The van der Waals surface area contributed by atoms with Gasteiger partial charge in [0, 0.05) is 12.1 Å². The molecule has 2 N–H and O–H groups in total. The van der Waals surface area contributed by atoms with E-state index in [4.69, 9.17) is 5.73 Å². The molecule has 0 aliphatic heterocycles. The zero-order chi connectivity index (χ0) is 9.54. The molecule has 1 aliphatic carbocycles. The molecule has 1 nitrogen and oxygen atoms in total. The second-order valence-corrected chi connectivity index (χ2v) is 3.58. The Hall–Kier alpha value is -1.76. The van der Waals surface area contributed by atoms with Gasteiger partial charge in [0.15, 0.2) is 0 Å². The van der Waals surface area contributed by atoms with Crippen LogP contribution in [0.3, 0.4) is 0 Å². The van der Waals surface area contributed by atoms with E-state index in [0.717, 1.165) is 5.69 Å². The molecule has 0 saturated carbocycles. The second kappa shape index (κ2) is 2.61. The van der Waals surface area contributed by atoms with Crippen LogP contribution in [0.4, 0.5) is 5.69 Å². The Morgan fingerprint density at radius 1 is 0.786 bits per heavy atom. The fourth-order valence-electron chi connectivity index (χ4n) is 1.98. The molecule has 1 radical (unpaired) electrons. The van der Waals surface area contributed by atoms with Crippen molar-refractivity contribution in [1.29, 1.82) is 0 Å². The van der Waals surface area contributed by atoms with E-state index in [9.17, 15) is 0 Å². The van der Waals surface area contributed by atoms with Gasteiger partial charge in [-0.2, -0.15) is 0 Å². The van der Waals surface area contributed by atoms with Crippen molar-refractivity contribution < 1.29 is 0 Å². The summed E-state index contributed by atoms with van der Waals surface area (Å²) in [6, 6.07) is 14.5. The van der Waals surface area contributed by atoms with Crippen molar-refractivity contribution in [2.24, 2.45) is 0 Å². The third kappa shape index (κ3) is 0.956. The van der Waals surface area contributed by atoms with Crippen molar-refractivity contribution in [1.82, 2.24) is 0 Å². The summed E-state index contributed by atoms with van der Waals surface area (Å²) >= 11 is 0. The first kappa shape index (κ1) is 7.63. The van der Waals surface area contributed by atoms with Gasteiger partial charge in [-0.3, -0.25) is 0 Å². The Morgan fingerprint density at radius 2 is 1.57 bits per heavy atom. The molecule has 0 amide bonds. The molecular formula is C13H10N. The predicted octanol–water partition coefficient (Wildman–Crippen LogP) is 2.85. The third-order valence-electron chi connectivity index (χ3n) is 2.64. The van der Waals surface area contributed by atoms with Crippen LogP contribution < -0.4 is 5.73 Å². The number of rotatable bonds is 0. The van der Waals surface area contributed by atoms with E-state index in [1.54, 1.807) is 0 Å². The largest absolute Gasteiger partial charge is 0.399 e. The van der Waals surface area contributed by atoms with Crippen LogP contribution in [-0.4, -0.2) is 0 Å². The summed E-state index contributed by atoms with van der Waals surface area (Å²) in [6.07, 6.45) is 2.18. The first-order valence-electron chi connectivity index (χ1n) is 4.68. The molecule has 14 heavy (non-hydrogen) atoms. The lowest BCUT2D eigenvalue weighted by molar-refractivity contribution is 1.54. The summed E-state index contributed by atoms with van der Waals surface area (Å²) in [5, 5.41) is 0. The minimum absolute atomic E-state index is 0.827. The van der Waals surface area contributed by atoms with E-state index in [1.807, 2.05) is 12.1 Å². The Labute approximate surface area is 83.2 Å². The van der Waals surface area contributed by atoms with E-state index in [0.29, 0.717) is 0 Å². The van der Waals surface area contributed by atoms with Gasteiger partial charge in [0.05, 0.1) is 0 Å². The molecule has 2 aromatic rings. The maximum atomic E-state index is 5.75. The highest BCUT2D eigenvalue weighted by molar-refractivity contribution is 5.82. The number of fused-ring (bicyclic) bond motifs is 3. The van der Waals surface area contributed by atoms with Gasteiger partial charge in [-0.05, 0) is 34.4 Å². The number of anilines is 1. The van der Waals surface area contributed by atoms with Gasteiger partial charge < -0.3 is 5.73 Å². The normalized spacial score (nSPS) is 12.3. The highest BCUT2D eigenvalue weighted by atomic mass is 14.5. The monoisotopic (exact) mass is 180 g/mol. The first-order chi connectivity index (χ1) is 6.84. The van der Waals surface area contributed by atoms with E-state index in [2.05, 4.69) is 36.8 Å². The van der Waals surface area contributed by atoms with Crippen LogP contribution in [0.2, 0.25) is 0 Å². The van der Waals surface area contributed by atoms with E-state index < -0.39 is 0 Å². The van der Waals surface area contributed by atoms with Crippen molar-refractivity contribution >= 4 is 5.69 Å². The van der Waals surface area contributed by atoms with Gasteiger partial charge in [0.1, 0.15) is 0 Å². The van der Waals surface area contributed by atoms with Gasteiger partial charge in [-0.1, -0.05) is 30.3 Å². The lowest BCUT2D eigenvalue weighted by Crippen LogP contribution is -1.85. The molecule has 67 valence electrons. The van der Waals surface area contributed by atoms with Crippen LogP contribution in [0.25, 0.3) is 11.1 Å². The summed E-state index contributed by atoms with van der Waals surface area (Å²) < 4.78 is 0. The molecule has 2 aromatic carbocycles. The number of nitrogen functional groups attached to an aromatic ring is 1. The van der Waals surface area contributed by atoms with Crippen LogP contribution in [0.15, 0.2) is 42.5 Å². The summed E-state index contributed by atoms with van der Waals surface area (Å²) in [5.74, 6) is 0. The Bertz CT molecular complexity index is 500. The van der Waals surface area contributed by atoms with Crippen LogP contribution in [0, 0.1) is 6.42 Å². The zero-order valence-electron chi connectivity index (χ0n) is 7.70. The van der Waals surface area contributed by atoms with Gasteiger partial charge in [0.25, 0.3) is 0 Å². The van der Waals surface area contributed by atoms with Crippen molar-refractivity contribution in [3.8, 4) is 11.1 Å². The molecule has 1 heteroatoms. The number of hydrogen-bond donors (Lipinski definition) is 1. The standard InChI is InChI=1S/C13H10N/c14-11-5-6-13-10(8-11)7-9-3-1-2-4-12(9)13/h1-8H,14H2. The van der Waals surface area contributed by atoms with E-state index in [-0.39, 0.29) is 0 Å². The highest BCUT2D eigenvalue weighted by Gasteiger charge is 2.17. The Kier molecular flexibility index (Phi) is 1.42. The fourth-order valence-corrected chi connectivity index (χ4v) is 1.98. The third-order valence-corrected chi connectivity index (χ3v) is 2.64. The van der Waals surface area contributed by atoms with Crippen LogP contribution in [-0.2, 0) is 0 Å². The van der Waals surface area contributed by atoms with Crippen molar-refractivity contribution in [3.05, 3.63) is 60.0 Å². The smallest absolute Gasteiger partial charge is 0.0317 e. The van der Waals surface area contributed by atoms with Gasteiger partial charge >= 0.3 is 0 Å². The number of hydrogen-bond acceptors (Lipinski definition) is 1. The summed E-state index contributed by atoms with van der Waals surface area (Å²) in [5.41, 5.74) is 11.7. The molecule has 1 aliphatic rings. The SMILES string of the molecule is Nc1ccc2c(c1)[CH]c1ccccc1-2. The van der Waals surface area contributed by atoms with Gasteiger partial charge in [0.2, 0.25) is 0 Å². The maximum absolute atomic E-state index is 5.75. The average molecular weight is 180 g/mol. The summed E-state index contributed by atoms with van der Waals surface area (Å²) in [6.45, 7) is 0. The lowest BCUT2D eigenvalue weighted by Gasteiger charge is -2.00. The average Bonchev–Trinajstić information content (AvgIpc) is 2.54. The predicted molar refractivity (Wildman–Crippen MR) is 58.8 cm³/mol. The maximum Gasteiger partial charge on any atom is 0.0317 e. The van der Waals surface area contributed by atoms with Crippen LogP contribution in [0.5, 0.6) is 0 Å². The van der Waals surface area contributed by atoms with E-state index in [1.165, 1.54) is 22.3 Å². The quantitative estimate of drug-likeness (QED) is 0.529. The van der Waals surface area contributed by atoms with Gasteiger partial charge in [-0.25, -0.2) is 0 Å². The molecule has 0 aromatic heterocycles. The zero-order valence-corrected chi connectivity index (χ0v) is 7.70. The first-order valence-corrected chi connectivity index (χ1v) is 4.68. The second-order valence-electron chi connectivity index (χ2n) is 3.58. The molecular weight excluding hydrogens is 170 g/mol. The highest BCUT2D eigenvalue weighted by Crippen LogP contribution is 2.38. The van der Waals surface area contributed by atoms with Crippen molar-refractivity contribution in [3.63, 3.8) is 0 Å². The van der Waals surface area contributed by atoms with Crippen molar-refractivity contribution in [2.75, 3.05) is 5.73 Å². The lowest BCUT2D eigenvalue weighted by atomic mass is 10.1. The molecule has 3 rings (SSSR count). The summed E-state index contributed by atoms with van der Waals surface area (Å²) in [4.78, 5) is 0.